The summed E-state index contributed by atoms with van der Waals surface area (Å²) < 4.78 is 5.45. The largest absolute Gasteiger partial charge is 0.444 e. The van der Waals surface area contributed by atoms with Gasteiger partial charge in [0.15, 0.2) is 0 Å². The van der Waals surface area contributed by atoms with Crippen LogP contribution >= 0.6 is 0 Å². The smallest absolute Gasteiger partial charge is 0.410 e. The van der Waals surface area contributed by atoms with Crippen molar-refractivity contribution in [2.24, 2.45) is 17.8 Å². The highest BCUT2D eigenvalue weighted by atomic mass is 16.6. The SMILES string of the molecule is CC(C)(C)OC(=O)N1CCN(CC2CC3C=CC2C3)CC1. The fraction of sp³-hybridized carbons (Fsp3) is 0.824. The van der Waals surface area contributed by atoms with E-state index in [0.717, 1.165) is 43.9 Å². The Morgan fingerprint density at radius 1 is 1.14 bits per heavy atom. The molecule has 2 fully saturated rings. The summed E-state index contributed by atoms with van der Waals surface area (Å²) >= 11 is 0. The van der Waals surface area contributed by atoms with E-state index in [1.807, 2.05) is 25.7 Å². The standard InChI is InChI=1S/C17H28N2O2/c1-17(2,3)21-16(20)19-8-6-18(7-9-19)12-15-11-13-4-5-14(15)10-13/h4-5,13-15H,6-12H2,1-3H3. The first-order valence-electron chi connectivity index (χ1n) is 8.29. The summed E-state index contributed by atoms with van der Waals surface area (Å²) in [6, 6.07) is 0. The van der Waals surface area contributed by atoms with Crippen LogP contribution in [-0.4, -0.2) is 54.2 Å². The van der Waals surface area contributed by atoms with Gasteiger partial charge in [-0.1, -0.05) is 12.2 Å². The molecule has 3 rings (SSSR count). The Morgan fingerprint density at radius 2 is 1.86 bits per heavy atom. The third-order valence-electron chi connectivity index (χ3n) is 4.93. The maximum absolute atomic E-state index is 12.0. The van der Waals surface area contributed by atoms with Crippen LogP contribution in [0.15, 0.2) is 12.2 Å². The highest BCUT2D eigenvalue weighted by molar-refractivity contribution is 5.68. The van der Waals surface area contributed by atoms with Gasteiger partial charge >= 0.3 is 6.09 Å². The minimum atomic E-state index is -0.399. The number of ether oxygens (including phenoxy) is 1. The number of fused-ring (bicyclic) bond motifs is 2. The predicted octanol–water partition coefficient (Wildman–Crippen LogP) is 2.75. The van der Waals surface area contributed by atoms with E-state index in [-0.39, 0.29) is 6.09 Å². The van der Waals surface area contributed by atoms with Gasteiger partial charge in [-0.2, -0.15) is 0 Å². The van der Waals surface area contributed by atoms with Gasteiger partial charge in [-0.05, 0) is 51.4 Å². The first-order chi connectivity index (χ1) is 9.90. The van der Waals surface area contributed by atoms with Crippen LogP contribution in [0.25, 0.3) is 0 Å². The molecule has 1 heterocycles. The van der Waals surface area contributed by atoms with Gasteiger partial charge in [0.25, 0.3) is 0 Å². The van der Waals surface area contributed by atoms with Gasteiger partial charge in [0.2, 0.25) is 0 Å². The van der Waals surface area contributed by atoms with Crippen molar-refractivity contribution in [1.29, 1.82) is 0 Å². The van der Waals surface area contributed by atoms with Crippen LogP contribution in [0.4, 0.5) is 4.79 Å². The monoisotopic (exact) mass is 292 g/mol. The predicted molar refractivity (Wildman–Crippen MR) is 83.1 cm³/mol. The van der Waals surface area contributed by atoms with Crippen molar-refractivity contribution < 1.29 is 9.53 Å². The molecule has 4 heteroatoms. The highest BCUT2D eigenvalue weighted by Gasteiger charge is 2.37. The van der Waals surface area contributed by atoms with Crippen LogP contribution < -0.4 is 0 Å². The van der Waals surface area contributed by atoms with Crippen molar-refractivity contribution in [2.75, 3.05) is 32.7 Å². The second kappa shape index (κ2) is 5.64. The van der Waals surface area contributed by atoms with Crippen LogP contribution in [0, 0.1) is 17.8 Å². The van der Waals surface area contributed by atoms with Gasteiger partial charge in [-0.15, -0.1) is 0 Å². The summed E-state index contributed by atoms with van der Waals surface area (Å²) in [6.45, 7) is 10.5. The van der Waals surface area contributed by atoms with Crippen molar-refractivity contribution in [3.8, 4) is 0 Å². The summed E-state index contributed by atoms with van der Waals surface area (Å²) in [6.07, 6.45) is 7.41. The Balaban J connectivity index is 1.43. The van der Waals surface area contributed by atoms with E-state index < -0.39 is 5.60 Å². The molecular weight excluding hydrogens is 264 g/mol. The maximum atomic E-state index is 12.0. The molecule has 1 saturated carbocycles. The molecule has 0 spiro atoms. The molecule has 0 aromatic heterocycles. The Kier molecular flexibility index (Phi) is 4.00. The molecule has 1 saturated heterocycles. The molecule has 0 aromatic rings. The third kappa shape index (κ3) is 3.60. The summed E-state index contributed by atoms with van der Waals surface area (Å²) in [4.78, 5) is 16.4. The lowest BCUT2D eigenvalue weighted by molar-refractivity contribution is 0.0130. The van der Waals surface area contributed by atoms with Gasteiger partial charge in [0, 0.05) is 32.7 Å². The number of amides is 1. The van der Waals surface area contributed by atoms with Crippen molar-refractivity contribution >= 4 is 6.09 Å². The van der Waals surface area contributed by atoms with Gasteiger partial charge in [-0.3, -0.25) is 4.90 Å². The fourth-order valence-corrected chi connectivity index (χ4v) is 3.88. The van der Waals surface area contributed by atoms with E-state index in [9.17, 15) is 4.79 Å². The normalized spacial score (nSPS) is 32.7. The quantitative estimate of drug-likeness (QED) is 0.734. The number of piperazine rings is 1. The summed E-state index contributed by atoms with van der Waals surface area (Å²) in [5.41, 5.74) is -0.399. The number of carbonyl (C=O) groups excluding carboxylic acids is 1. The van der Waals surface area contributed by atoms with Gasteiger partial charge in [0.1, 0.15) is 5.60 Å². The highest BCUT2D eigenvalue weighted by Crippen LogP contribution is 2.43. The molecular formula is C17H28N2O2. The lowest BCUT2D eigenvalue weighted by Gasteiger charge is -2.37. The third-order valence-corrected chi connectivity index (χ3v) is 4.93. The Hall–Kier alpha value is -1.03. The Bertz CT molecular complexity index is 419. The Morgan fingerprint density at radius 3 is 2.38 bits per heavy atom. The topological polar surface area (TPSA) is 32.8 Å². The molecule has 3 unspecified atom stereocenters. The molecule has 21 heavy (non-hydrogen) atoms. The average molecular weight is 292 g/mol. The van der Waals surface area contributed by atoms with E-state index >= 15 is 0 Å². The molecule has 0 radical (unpaired) electrons. The molecule has 118 valence electrons. The Labute approximate surface area is 128 Å². The molecule has 3 aliphatic rings. The summed E-state index contributed by atoms with van der Waals surface area (Å²) in [5, 5.41) is 0. The summed E-state index contributed by atoms with van der Waals surface area (Å²) in [7, 11) is 0. The molecule has 0 N–H and O–H groups in total. The van der Waals surface area contributed by atoms with Gasteiger partial charge in [0.05, 0.1) is 0 Å². The molecule has 1 aliphatic heterocycles. The van der Waals surface area contributed by atoms with Crippen LogP contribution in [0.2, 0.25) is 0 Å². The van der Waals surface area contributed by atoms with Crippen LogP contribution in [0.5, 0.6) is 0 Å². The van der Waals surface area contributed by atoms with E-state index in [4.69, 9.17) is 4.74 Å². The molecule has 2 aliphatic carbocycles. The molecule has 4 nitrogen and oxygen atoms in total. The number of hydrogen-bond donors (Lipinski definition) is 0. The number of carbonyl (C=O) groups is 1. The van der Waals surface area contributed by atoms with Crippen LogP contribution in [-0.2, 0) is 4.74 Å². The second-order valence-electron chi connectivity index (χ2n) is 7.81. The maximum Gasteiger partial charge on any atom is 0.410 e. The lowest BCUT2D eigenvalue weighted by Crippen LogP contribution is -2.51. The first-order valence-corrected chi connectivity index (χ1v) is 8.29. The van der Waals surface area contributed by atoms with E-state index in [1.54, 1.807) is 0 Å². The number of allylic oxidation sites excluding steroid dienone is 2. The minimum absolute atomic E-state index is 0.162. The second-order valence-corrected chi connectivity index (χ2v) is 7.81. The molecule has 1 amide bonds. The number of rotatable bonds is 2. The van der Waals surface area contributed by atoms with E-state index in [0.29, 0.717) is 0 Å². The fourth-order valence-electron chi connectivity index (χ4n) is 3.88. The van der Waals surface area contributed by atoms with E-state index in [1.165, 1.54) is 19.4 Å². The number of hydrogen-bond acceptors (Lipinski definition) is 3. The zero-order valence-electron chi connectivity index (χ0n) is 13.5. The van der Waals surface area contributed by atoms with Crippen molar-refractivity contribution in [2.45, 2.75) is 39.2 Å². The van der Waals surface area contributed by atoms with Crippen molar-refractivity contribution in [3.05, 3.63) is 12.2 Å². The van der Waals surface area contributed by atoms with Gasteiger partial charge in [-0.25, -0.2) is 4.79 Å². The summed E-state index contributed by atoms with van der Waals surface area (Å²) in [5.74, 6) is 2.51. The molecule has 0 aromatic carbocycles. The molecule has 3 atom stereocenters. The minimum Gasteiger partial charge on any atom is -0.444 e. The lowest BCUT2D eigenvalue weighted by atomic mass is 9.93. The van der Waals surface area contributed by atoms with Crippen molar-refractivity contribution in [3.63, 3.8) is 0 Å². The number of nitrogens with zero attached hydrogens (tertiary/aromatic N) is 2. The molecule has 2 bridgehead atoms. The van der Waals surface area contributed by atoms with Crippen LogP contribution in [0.3, 0.4) is 0 Å². The van der Waals surface area contributed by atoms with Gasteiger partial charge < -0.3 is 9.64 Å². The van der Waals surface area contributed by atoms with Crippen LogP contribution in [0.1, 0.15) is 33.6 Å². The average Bonchev–Trinajstić information content (AvgIpc) is 3.00. The van der Waals surface area contributed by atoms with Crippen molar-refractivity contribution in [1.82, 2.24) is 9.80 Å². The van der Waals surface area contributed by atoms with E-state index in [2.05, 4.69) is 17.1 Å². The zero-order chi connectivity index (χ0) is 15.0. The first kappa shape index (κ1) is 14.9. The zero-order valence-corrected chi connectivity index (χ0v) is 13.5.